The molecule has 1 saturated heterocycles. The summed E-state index contributed by atoms with van der Waals surface area (Å²) < 4.78 is 20.0. The lowest BCUT2D eigenvalue weighted by atomic mass is 10.1. The number of benzene rings is 2. The van der Waals surface area contributed by atoms with Gasteiger partial charge < -0.3 is 19.9 Å². The third kappa shape index (κ3) is 4.80. The van der Waals surface area contributed by atoms with Gasteiger partial charge in [0.05, 0.1) is 37.7 Å². The Bertz CT molecular complexity index is 1240. The van der Waals surface area contributed by atoms with Crippen molar-refractivity contribution in [2.75, 3.05) is 36.9 Å². The average Bonchev–Trinajstić information content (AvgIpc) is 3.26. The lowest BCUT2D eigenvalue weighted by Gasteiger charge is -2.27. The molecule has 3 heterocycles. The van der Waals surface area contributed by atoms with Gasteiger partial charge in [0.15, 0.2) is 20.7 Å². The number of aromatic nitrogens is 3. The maximum absolute atomic E-state index is 12.8. The number of anilines is 4. The standard InChI is InChI=1S/C23H24N6O2S2/c1-15-4-3-5-16(2)19(15)27-23-28-20-21(24-14-25-22(20)32-23)26-17-6-8-18(9-7-17)33(30)29-10-12-31-13-11-29/h3-9,14H,10-13H2,1-2H3,(H,27,28)(H,24,25,26). The highest BCUT2D eigenvalue weighted by Crippen LogP contribution is 2.33. The molecule has 1 aliphatic rings. The SMILES string of the molecule is Cc1cccc(C)c1Nc1nc2c(Nc3ccc([S+]([O-])N4CCOCC4)cc3)ncnc2s1. The number of morpholine rings is 1. The number of thiazole rings is 1. The number of hydrogen-bond acceptors (Lipinski definition) is 9. The summed E-state index contributed by atoms with van der Waals surface area (Å²) in [6.07, 6.45) is 1.54. The van der Waals surface area contributed by atoms with Crippen LogP contribution in [0.4, 0.5) is 22.3 Å². The highest BCUT2D eigenvalue weighted by atomic mass is 32.2. The van der Waals surface area contributed by atoms with Gasteiger partial charge in [-0.2, -0.15) is 0 Å². The number of rotatable bonds is 6. The molecule has 2 aromatic carbocycles. The second-order valence-electron chi connectivity index (χ2n) is 7.73. The van der Waals surface area contributed by atoms with Gasteiger partial charge in [-0.05, 0) is 49.2 Å². The smallest absolute Gasteiger partial charge is 0.189 e. The summed E-state index contributed by atoms with van der Waals surface area (Å²) in [7, 11) is 0. The molecule has 2 N–H and O–H groups in total. The predicted octanol–water partition coefficient (Wildman–Crippen LogP) is 4.55. The Morgan fingerprint density at radius 1 is 1.00 bits per heavy atom. The van der Waals surface area contributed by atoms with Gasteiger partial charge in [0.25, 0.3) is 0 Å². The fourth-order valence-corrected chi connectivity index (χ4v) is 5.63. The van der Waals surface area contributed by atoms with Crippen LogP contribution in [0, 0.1) is 13.8 Å². The van der Waals surface area contributed by atoms with Crippen molar-refractivity contribution >= 4 is 55.4 Å². The Balaban J connectivity index is 1.35. The first kappa shape index (κ1) is 22.1. The molecule has 0 aliphatic carbocycles. The zero-order chi connectivity index (χ0) is 22.8. The van der Waals surface area contributed by atoms with Crippen molar-refractivity contribution in [1.29, 1.82) is 0 Å². The van der Waals surface area contributed by atoms with E-state index in [0.29, 0.717) is 37.6 Å². The Kier molecular flexibility index (Phi) is 6.43. The van der Waals surface area contributed by atoms with Crippen LogP contribution in [0.2, 0.25) is 0 Å². The van der Waals surface area contributed by atoms with Crippen LogP contribution in [0.25, 0.3) is 10.3 Å². The van der Waals surface area contributed by atoms with Gasteiger partial charge in [0.1, 0.15) is 11.8 Å². The molecule has 0 radical (unpaired) electrons. The lowest BCUT2D eigenvalue weighted by Crippen LogP contribution is -2.40. The summed E-state index contributed by atoms with van der Waals surface area (Å²) in [6, 6.07) is 13.8. The van der Waals surface area contributed by atoms with Crippen molar-refractivity contribution in [2.24, 2.45) is 0 Å². The molecular formula is C23H24N6O2S2. The third-order valence-electron chi connectivity index (χ3n) is 5.43. The van der Waals surface area contributed by atoms with E-state index in [4.69, 9.17) is 9.72 Å². The molecular weight excluding hydrogens is 456 g/mol. The second-order valence-corrected chi connectivity index (χ2v) is 10.2. The van der Waals surface area contributed by atoms with Crippen LogP contribution in [-0.2, 0) is 16.1 Å². The topological polar surface area (TPSA) is 98.3 Å². The first-order valence-electron chi connectivity index (χ1n) is 10.6. The zero-order valence-corrected chi connectivity index (χ0v) is 20.0. The van der Waals surface area contributed by atoms with Gasteiger partial charge in [-0.15, -0.1) is 4.31 Å². The number of fused-ring (bicyclic) bond motifs is 1. The minimum atomic E-state index is -1.19. The van der Waals surface area contributed by atoms with Crippen molar-refractivity contribution in [3.63, 3.8) is 0 Å². The van der Waals surface area contributed by atoms with E-state index in [1.807, 2.05) is 34.6 Å². The van der Waals surface area contributed by atoms with Gasteiger partial charge in [0, 0.05) is 11.4 Å². The molecule has 4 aromatic rings. The van der Waals surface area contributed by atoms with Gasteiger partial charge in [-0.25, -0.2) is 15.0 Å². The second kappa shape index (κ2) is 9.62. The van der Waals surface area contributed by atoms with Crippen molar-refractivity contribution in [1.82, 2.24) is 19.3 Å². The molecule has 0 amide bonds. The van der Waals surface area contributed by atoms with E-state index in [-0.39, 0.29) is 0 Å². The maximum atomic E-state index is 12.8. The molecule has 1 fully saturated rings. The Labute approximate surface area is 199 Å². The van der Waals surface area contributed by atoms with E-state index in [1.54, 1.807) is 0 Å². The summed E-state index contributed by atoms with van der Waals surface area (Å²) in [6.45, 7) is 6.73. The average molecular weight is 481 g/mol. The molecule has 5 rings (SSSR count). The van der Waals surface area contributed by atoms with E-state index in [2.05, 4.69) is 46.6 Å². The summed E-state index contributed by atoms with van der Waals surface area (Å²) in [5.74, 6) is 0.632. The van der Waals surface area contributed by atoms with E-state index in [1.165, 1.54) is 17.7 Å². The first-order valence-corrected chi connectivity index (χ1v) is 12.6. The van der Waals surface area contributed by atoms with Crippen molar-refractivity contribution in [3.05, 3.63) is 59.9 Å². The molecule has 33 heavy (non-hydrogen) atoms. The Hall–Kier alpha value is -2.76. The molecule has 1 unspecified atom stereocenters. The Morgan fingerprint density at radius 2 is 1.73 bits per heavy atom. The number of aryl methyl sites for hydroxylation is 2. The molecule has 0 spiro atoms. The maximum Gasteiger partial charge on any atom is 0.189 e. The van der Waals surface area contributed by atoms with Crippen LogP contribution in [0.3, 0.4) is 0 Å². The molecule has 8 nitrogen and oxygen atoms in total. The van der Waals surface area contributed by atoms with Gasteiger partial charge >= 0.3 is 0 Å². The third-order valence-corrected chi connectivity index (χ3v) is 7.82. The van der Waals surface area contributed by atoms with E-state index in [0.717, 1.165) is 37.4 Å². The minimum Gasteiger partial charge on any atom is -0.593 e. The van der Waals surface area contributed by atoms with Crippen LogP contribution in [-0.4, -0.2) is 50.1 Å². The van der Waals surface area contributed by atoms with Gasteiger partial charge in [-0.3, -0.25) is 0 Å². The molecule has 2 aromatic heterocycles. The minimum absolute atomic E-state index is 0.614. The molecule has 10 heteroatoms. The number of hydrogen-bond donors (Lipinski definition) is 2. The van der Waals surface area contributed by atoms with Crippen LogP contribution in [0.5, 0.6) is 0 Å². The summed E-state index contributed by atoms with van der Waals surface area (Å²) in [5.41, 5.74) is 4.93. The largest absolute Gasteiger partial charge is 0.593 e. The molecule has 0 bridgehead atoms. The lowest BCUT2D eigenvalue weighted by molar-refractivity contribution is 0.0730. The zero-order valence-electron chi connectivity index (χ0n) is 18.4. The van der Waals surface area contributed by atoms with E-state index in [9.17, 15) is 4.55 Å². The fraction of sp³-hybridized carbons (Fsp3) is 0.261. The van der Waals surface area contributed by atoms with Gasteiger partial charge in [0.2, 0.25) is 0 Å². The highest BCUT2D eigenvalue weighted by Gasteiger charge is 2.24. The van der Waals surface area contributed by atoms with Crippen molar-refractivity contribution in [3.8, 4) is 0 Å². The van der Waals surface area contributed by atoms with Crippen molar-refractivity contribution < 1.29 is 9.29 Å². The Morgan fingerprint density at radius 3 is 2.45 bits per heavy atom. The number of para-hydroxylation sites is 1. The van der Waals surface area contributed by atoms with Crippen LogP contribution < -0.4 is 10.6 Å². The quantitative estimate of drug-likeness (QED) is 0.388. The number of ether oxygens (including phenoxy) is 1. The monoisotopic (exact) mass is 480 g/mol. The number of nitrogens with zero attached hydrogens (tertiary/aromatic N) is 4. The summed E-state index contributed by atoms with van der Waals surface area (Å²) >= 11 is 0.301. The van der Waals surface area contributed by atoms with E-state index < -0.39 is 11.4 Å². The van der Waals surface area contributed by atoms with Gasteiger partial charge in [-0.1, -0.05) is 29.5 Å². The normalized spacial score (nSPS) is 15.5. The molecule has 170 valence electrons. The van der Waals surface area contributed by atoms with Crippen LogP contribution >= 0.6 is 11.3 Å². The summed E-state index contributed by atoms with van der Waals surface area (Å²) in [5, 5.41) is 7.53. The molecule has 0 saturated carbocycles. The number of nitrogens with one attached hydrogen (secondary N) is 2. The molecule has 1 atom stereocenters. The molecule has 1 aliphatic heterocycles. The van der Waals surface area contributed by atoms with E-state index >= 15 is 0 Å². The van der Waals surface area contributed by atoms with Crippen LogP contribution in [0.15, 0.2) is 53.7 Å². The predicted molar refractivity (Wildman–Crippen MR) is 133 cm³/mol. The summed E-state index contributed by atoms with van der Waals surface area (Å²) in [4.78, 5) is 15.1. The first-order chi connectivity index (χ1) is 16.1. The van der Waals surface area contributed by atoms with Crippen LogP contribution in [0.1, 0.15) is 11.1 Å². The highest BCUT2D eigenvalue weighted by molar-refractivity contribution is 7.89. The fourth-order valence-electron chi connectivity index (χ4n) is 3.67. The van der Waals surface area contributed by atoms with Crippen molar-refractivity contribution in [2.45, 2.75) is 18.7 Å².